The Bertz CT molecular complexity index is 803. The summed E-state index contributed by atoms with van der Waals surface area (Å²) < 4.78 is 5.64. The van der Waals surface area contributed by atoms with Crippen LogP contribution in [0, 0.1) is 0 Å². The number of ether oxygens (including phenoxy) is 1. The van der Waals surface area contributed by atoms with E-state index in [-0.39, 0.29) is 18.2 Å². The zero-order valence-corrected chi connectivity index (χ0v) is 14.7. The smallest absolute Gasteiger partial charge is 0.410 e. The largest absolute Gasteiger partial charge is 0.442 e. The Kier molecular flexibility index (Phi) is 3.88. The molecule has 3 aliphatic heterocycles. The minimum absolute atomic E-state index is 0.0835. The average molecular weight is 357 g/mol. The fraction of sp³-hybridized carbons (Fsp3) is 0.647. The molecule has 2 aromatic rings. The van der Waals surface area contributed by atoms with E-state index in [0.29, 0.717) is 12.2 Å². The summed E-state index contributed by atoms with van der Waals surface area (Å²) in [5, 5.41) is 0. The molecule has 0 unspecified atom stereocenters. The van der Waals surface area contributed by atoms with Crippen molar-refractivity contribution in [3.63, 3.8) is 0 Å². The van der Waals surface area contributed by atoms with Crippen LogP contribution in [0.15, 0.2) is 12.7 Å². The first kappa shape index (κ1) is 15.8. The number of H-pyrrole nitrogens is 1. The number of rotatable bonds is 4. The average Bonchev–Trinajstić information content (AvgIpc) is 3.35. The molecule has 5 heterocycles. The first-order valence-corrected chi connectivity index (χ1v) is 9.38. The predicted octanol–water partition coefficient (Wildman–Crippen LogP) is 0.848. The van der Waals surface area contributed by atoms with E-state index in [0.717, 1.165) is 44.1 Å². The third-order valence-corrected chi connectivity index (χ3v) is 5.73. The van der Waals surface area contributed by atoms with Gasteiger partial charge in [0.1, 0.15) is 17.9 Å². The first-order chi connectivity index (χ1) is 12.8. The minimum Gasteiger partial charge on any atom is -0.442 e. The van der Waals surface area contributed by atoms with Crippen molar-refractivity contribution in [3.05, 3.63) is 12.7 Å². The zero-order chi connectivity index (χ0) is 17.5. The Labute approximate surface area is 151 Å². The Balaban J connectivity index is 1.29. The lowest BCUT2D eigenvalue weighted by molar-refractivity contribution is 0.132. The van der Waals surface area contributed by atoms with Crippen molar-refractivity contribution >= 4 is 23.1 Å². The monoisotopic (exact) mass is 357 g/mol. The number of nitrogens with one attached hydrogen (secondary N) is 1. The maximum atomic E-state index is 12.3. The highest BCUT2D eigenvalue weighted by Gasteiger charge is 2.48. The van der Waals surface area contributed by atoms with Crippen LogP contribution in [0.5, 0.6) is 0 Å². The van der Waals surface area contributed by atoms with Gasteiger partial charge in [0.15, 0.2) is 11.5 Å². The normalized spacial score (nSPS) is 26.5. The molecule has 9 nitrogen and oxygen atoms in total. The molecule has 2 atom stereocenters. The van der Waals surface area contributed by atoms with E-state index >= 15 is 0 Å². The number of piperidine rings is 1. The fourth-order valence-electron chi connectivity index (χ4n) is 4.36. The van der Waals surface area contributed by atoms with Crippen molar-refractivity contribution in [1.29, 1.82) is 0 Å². The summed E-state index contributed by atoms with van der Waals surface area (Å²) >= 11 is 0. The number of anilines is 1. The van der Waals surface area contributed by atoms with Gasteiger partial charge in [0.2, 0.25) is 0 Å². The van der Waals surface area contributed by atoms with E-state index in [9.17, 15) is 4.79 Å². The molecular weight excluding hydrogens is 334 g/mol. The third kappa shape index (κ3) is 2.66. The van der Waals surface area contributed by atoms with Gasteiger partial charge >= 0.3 is 6.09 Å². The fourth-order valence-corrected chi connectivity index (χ4v) is 4.36. The highest BCUT2D eigenvalue weighted by molar-refractivity contribution is 5.83. The van der Waals surface area contributed by atoms with E-state index in [2.05, 4.69) is 29.7 Å². The molecule has 0 saturated carbocycles. The standard InChI is InChI=1S/C17H23N7O2/c25-17-24(7-6-22-4-2-1-3-5-22)12-8-23(9-13(12)26-17)16-14-15(19-10-18-14)20-11-21-16/h10-13H,1-9H2,(H,18,19,20,21)/t12-,13+/m0/s1. The number of nitrogens with zero attached hydrogens (tertiary/aromatic N) is 6. The van der Waals surface area contributed by atoms with Crippen molar-refractivity contribution in [2.75, 3.05) is 44.2 Å². The molecule has 26 heavy (non-hydrogen) atoms. The van der Waals surface area contributed by atoms with E-state index in [1.165, 1.54) is 25.6 Å². The SMILES string of the molecule is O=C1O[C@@H]2CN(c3ncnc4nc[nH]c34)C[C@@H]2N1CCN1CCCCC1. The Morgan fingerprint density at radius 1 is 1.12 bits per heavy atom. The summed E-state index contributed by atoms with van der Waals surface area (Å²) in [5.74, 6) is 0.828. The Morgan fingerprint density at radius 2 is 2.00 bits per heavy atom. The highest BCUT2D eigenvalue weighted by Crippen LogP contribution is 2.31. The van der Waals surface area contributed by atoms with Crippen molar-refractivity contribution < 1.29 is 9.53 Å². The number of fused-ring (bicyclic) bond motifs is 2. The maximum Gasteiger partial charge on any atom is 0.410 e. The quantitative estimate of drug-likeness (QED) is 0.867. The molecule has 138 valence electrons. The minimum atomic E-state index is -0.175. The molecule has 0 bridgehead atoms. The van der Waals surface area contributed by atoms with E-state index in [1.54, 1.807) is 6.33 Å². The van der Waals surface area contributed by atoms with Gasteiger partial charge in [-0.1, -0.05) is 6.42 Å². The number of carbonyl (C=O) groups excluding carboxylic acids is 1. The second kappa shape index (κ2) is 6.39. The molecule has 0 spiro atoms. The van der Waals surface area contributed by atoms with Crippen LogP contribution in [0.3, 0.4) is 0 Å². The van der Waals surface area contributed by atoms with E-state index in [4.69, 9.17) is 4.74 Å². The summed E-state index contributed by atoms with van der Waals surface area (Å²) in [4.78, 5) is 34.7. The van der Waals surface area contributed by atoms with Crippen LogP contribution in [-0.4, -0.2) is 87.2 Å². The first-order valence-electron chi connectivity index (χ1n) is 9.38. The molecule has 3 saturated heterocycles. The molecule has 3 aliphatic rings. The number of aromatic nitrogens is 4. The summed E-state index contributed by atoms with van der Waals surface area (Å²) in [5.41, 5.74) is 1.49. The van der Waals surface area contributed by atoms with E-state index in [1.807, 2.05) is 4.90 Å². The molecule has 3 fully saturated rings. The summed E-state index contributed by atoms with van der Waals surface area (Å²) in [6.45, 7) is 5.32. The van der Waals surface area contributed by atoms with Gasteiger partial charge in [-0.25, -0.2) is 19.7 Å². The predicted molar refractivity (Wildman–Crippen MR) is 95.0 cm³/mol. The number of hydrogen-bond donors (Lipinski definition) is 1. The van der Waals surface area contributed by atoms with Gasteiger partial charge in [-0.05, 0) is 25.9 Å². The van der Waals surface area contributed by atoms with Crippen molar-refractivity contribution in [1.82, 2.24) is 29.7 Å². The van der Waals surface area contributed by atoms with Crippen molar-refractivity contribution in [3.8, 4) is 0 Å². The van der Waals surface area contributed by atoms with Crippen LogP contribution < -0.4 is 4.90 Å². The molecular formula is C17H23N7O2. The van der Waals surface area contributed by atoms with Crippen LogP contribution in [0.1, 0.15) is 19.3 Å². The number of imidazole rings is 1. The van der Waals surface area contributed by atoms with Crippen molar-refractivity contribution in [2.24, 2.45) is 0 Å². The number of likely N-dealkylation sites (tertiary alicyclic amines) is 1. The van der Waals surface area contributed by atoms with Crippen LogP contribution in [0.4, 0.5) is 10.6 Å². The molecule has 1 amide bonds. The molecule has 2 aromatic heterocycles. The summed E-state index contributed by atoms with van der Waals surface area (Å²) in [6, 6.07) is 0.0835. The van der Waals surface area contributed by atoms with Crippen molar-refractivity contribution in [2.45, 2.75) is 31.4 Å². The number of amides is 1. The second-order valence-electron chi connectivity index (χ2n) is 7.29. The lowest BCUT2D eigenvalue weighted by atomic mass is 10.1. The number of aromatic amines is 1. The summed E-state index contributed by atoms with van der Waals surface area (Å²) in [7, 11) is 0. The lowest BCUT2D eigenvalue weighted by Gasteiger charge is -2.29. The van der Waals surface area contributed by atoms with Gasteiger partial charge in [-0.15, -0.1) is 0 Å². The van der Waals surface area contributed by atoms with Gasteiger partial charge < -0.3 is 19.5 Å². The lowest BCUT2D eigenvalue weighted by Crippen LogP contribution is -2.43. The van der Waals surface area contributed by atoms with Crippen LogP contribution in [-0.2, 0) is 4.74 Å². The topological polar surface area (TPSA) is 90.5 Å². The number of hydrogen-bond acceptors (Lipinski definition) is 7. The Morgan fingerprint density at radius 3 is 2.88 bits per heavy atom. The summed E-state index contributed by atoms with van der Waals surface area (Å²) in [6.07, 6.45) is 6.74. The van der Waals surface area contributed by atoms with Gasteiger partial charge in [0.25, 0.3) is 0 Å². The Hall–Kier alpha value is -2.42. The van der Waals surface area contributed by atoms with E-state index < -0.39 is 0 Å². The second-order valence-corrected chi connectivity index (χ2v) is 7.29. The number of carbonyl (C=O) groups is 1. The molecule has 1 N–H and O–H groups in total. The van der Waals surface area contributed by atoms with Crippen LogP contribution in [0.2, 0.25) is 0 Å². The molecule has 0 aromatic carbocycles. The highest BCUT2D eigenvalue weighted by atomic mass is 16.6. The molecule has 0 aliphatic carbocycles. The van der Waals surface area contributed by atoms with Gasteiger partial charge in [-0.3, -0.25) is 4.90 Å². The van der Waals surface area contributed by atoms with Gasteiger partial charge in [0.05, 0.1) is 18.9 Å². The molecule has 5 rings (SSSR count). The zero-order valence-electron chi connectivity index (χ0n) is 14.7. The van der Waals surface area contributed by atoms with Gasteiger partial charge in [-0.2, -0.15) is 0 Å². The molecule has 9 heteroatoms. The van der Waals surface area contributed by atoms with Crippen LogP contribution >= 0.6 is 0 Å². The van der Waals surface area contributed by atoms with Crippen LogP contribution in [0.25, 0.3) is 11.2 Å². The third-order valence-electron chi connectivity index (χ3n) is 5.73. The molecule has 0 radical (unpaired) electrons. The van der Waals surface area contributed by atoms with Gasteiger partial charge in [0, 0.05) is 19.6 Å². The maximum absolute atomic E-state index is 12.3.